The highest BCUT2D eigenvalue weighted by Gasteiger charge is 2.10. The Balaban J connectivity index is 2.58. The van der Waals surface area contributed by atoms with Gasteiger partial charge in [0.2, 0.25) is 0 Å². The monoisotopic (exact) mass is 186 g/mol. The summed E-state index contributed by atoms with van der Waals surface area (Å²) < 4.78 is 0. The maximum Gasteiger partial charge on any atom is 0.0656 e. The first-order valence-corrected chi connectivity index (χ1v) is 5.51. The second-order valence-electron chi connectivity index (χ2n) is 3.95. The summed E-state index contributed by atoms with van der Waals surface area (Å²) in [5.74, 6) is 1.15. The summed E-state index contributed by atoms with van der Waals surface area (Å²) in [6.45, 7) is 3.87. The molecule has 2 radical (unpaired) electrons. The fourth-order valence-corrected chi connectivity index (χ4v) is 1.85. The first-order chi connectivity index (χ1) is 6.86. The minimum atomic E-state index is 0.509. The molecule has 1 aliphatic carbocycles. The second kappa shape index (κ2) is 6.70. The predicted molar refractivity (Wildman–Crippen MR) is 64.5 cm³/mol. The molecule has 1 heteroatoms. The van der Waals surface area contributed by atoms with E-state index in [1.54, 1.807) is 0 Å². The van der Waals surface area contributed by atoms with E-state index in [0.717, 1.165) is 19.2 Å². The summed E-state index contributed by atoms with van der Waals surface area (Å²) in [4.78, 5) is 0. The van der Waals surface area contributed by atoms with Crippen molar-refractivity contribution in [1.29, 1.82) is 0 Å². The van der Waals surface area contributed by atoms with Gasteiger partial charge in [0.1, 0.15) is 0 Å². The van der Waals surface area contributed by atoms with Crippen LogP contribution in [0.5, 0.6) is 0 Å². The molecule has 0 aromatic heterocycles. The summed E-state index contributed by atoms with van der Waals surface area (Å²) in [5.41, 5.74) is 0. The smallest absolute Gasteiger partial charge is 0.0656 e. The lowest BCUT2D eigenvalue weighted by Gasteiger charge is -2.18. The van der Waals surface area contributed by atoms with E-state index in [-0.39, 0.29) is 0 Å². The maximum atomic E-state index is 5.75. The van der Waals surface area contributed by atoms with Crippen molar-refractivity contribution in [2.24, 2.45) is 11.8 Å². The van der Waals surface area contributed by atoms with E-state index < -0.39 is 0 Å². The van der Waals surface area contributed by atoms with E-state index in [1.807, 2.05) is 6.08 Å². The molecular weight excluding hydrogens is 167 g/mol. The van der Waals surface area contributed by atoms with Crippen LogP contribution in [0.25, 0.3) is 0 Å². The molecule has 0 saturated carbocycles. The molecule has 1 aliphatic rings. The van der Waals surface area contributed by atoms with Crippen molar-refractivity contribution in [3.05, 3.63) is 37.0 Å². The largest absolute Gasteiger partial charge is 0.102 e. The van der Waals surface area contributed by atoms with Crippen LogP contribution in [0.1, 0.15) is 25.7 Å². The van der Waals surface area contributed by atoms with Gasteiger partial charge in [-0.1, -0.05) is 36.7 Å². The number of hydrogen-bond donors (Lipinski definition) is 0. The van der Waals surface area contributed by atoms with Crippen LogP contribution < -0.4 is 0 Å². The standard InChI is InChI=1S/C13H19B/c1-2-12-8-6-4-3-5-7-9-13(10-12)11-14/h2-3,5-6,8,12-13H,1,4,7,9-11H2. The van der Waals surface area contributed by atoms with Crippen LogP contribution in [0.3, 0.4) is 0 Å². The first kappa shape index (κ1) is 11.4. The Labute approximate surface area is 89.2 Å². The van der Waals surface area contributed by atoms with E-state index in [9.17, 15) is 0 Å². The van der Waals surface area contributed by atoms with Gasteiger partial charge in [0, 0.05) is 0 Å². The molecule has 2 unspecified atom stereocenters. The highest BCUT2D eigenvalue weighted by molar-refractivity contribution is 6.08. The Morgan fingerprint density at radius 1 is 1.36 bits per heavy atom. The Morgan fingerprint density at radius 2 is 2.21 bits per heavy atom. The summed E-state index contributed by atoms with van der Waals surface area (Å²) in [6, 6.07) is 0. The van der Waals surface area contributed by atoms with Gasteiger partial charge < -0.3 is 0 Å². The van der Waals surface area contributed by atoms with Gasteiger partial charge in [0.05, 0.1) is 7.85 Å². The van der Waals surface area contributed by atoms with Crippen LogP contribution in [-0.2, 0) is 0 Å². The molecule has 14 heavy (non-hydrogen) atoms. The van der Waals surface area contributed by atoms with Gasteiger partial charge in [-0.3, -0.25) is 0 Å². The third-order valence-electron chi connectivity index (χ3n) is 2.81. The van der Waals surface area contributed by atoms with Crippen LogP contribution in [0.2, 0.25) is 6.32 Å². The highest BCUT2D eigenvalue weighted by Crippen LogP contribution is 2.23. The van der Waals surface area contributed by atoms with Gasteiger partial charge in [-0.15, -0.1) is 6.58 Å². The van der Waals surface area contributed by atoms with E-state index >= 15 is 0 Å². The zero-order valence-electron chi connectivity index (χ0n) is 8.86. The van der Waals surface area contributed by atoms with Crippen molar-refractivity contribution in [2.45, 2.75) is 32.0 Å². The Morgan fingerprint density at radius 3 is 2.93 bits per heavy atom. The molecule has 0 fully saturated rings. The van der Waals surface area contributed by atoms with Crippen LogP contribution >= 0.6 is 0 Å². The average molecular weight is 186 g/mol. The van der Waals surface area contributed by atoms with Crippen LogP contribution in [0.4, 0.5) is 0 Å². The van der Waals surface area contributed by atoms with Gasteiger partial charge in [-0.2, -0.15) is 0 Å². The minimum absolute atomic E-state index is 0.509. The molecule has 0 bridgehead atoms. The fraction of sp³-hybridized carbons (Fsp3) is 0.538. The minimum Gasteiger partial charge on any atom is -0.102 e. The van der Waals surface area contributed by atoms with Crippen LogP contribution in [0, 0.1) is 11.8 Å². The average Bonchev–Trinajstić information content (AvgIpc) is 2.25. The third-order valence-corrected chi connectivity index (χ3v) is 2.81. The van der Waals surface area contributed by atoms with Crippen molar-refractivity contribution in [3.8, 4) is 0 Å². The lowest BCUT2D eigenvalue weighted by molar-refractivity contribution is 0.461. The van der Waals surface area contributed by atoms with Gasteiger partial charge in [0.25, 0.3) is 0 Å². The molecule has 74 valence electrons. The quantitative estimate of drug-likeness (QED) is 0.455. The molecule has 0 heterocycles. The van der Waals surface area contributed by atoms with Crippen molar-refractivity contribution in [1.82, 2.24) is 0 Å². The lowest BCUT2D eigenvalue weighted by Crippen LogP contribution is -2.05. The summed E-state index contributed by atoms with van der Waals surface area (Å²) in [5, 5.41) is 0. The Bertz CT molecular complexity index is 215. The van der Waals surface area contributed by atoms with Crippen molar-refractivity contribution in [2.75, 3.05) is 0 Å². The molecule has 0 aromatic carbocycles. The van der Waals surface area contributed by atoms with E-state index in [2.05, 4.69) is 30.9 Å². The summed E-state index contributed by atoms with van der Waals surface area (Å²) >= 11 is 0. The zero-order chi connectivity index (χ0) is 10.2. The zero-order valence-corrected chi connectivity index (χ0v) is 8.86. The summed E-state index contributed by atoms with van der Waals surface area (Å²) in [6.07, 6.45) is 16.4. The summed E-state index contributed by atoms with van der Waals surface area (Å²) in [7, 11) is 5.75. The Hall–Kier alpha value is -0.715. The van der Waals surface area contributed by atoms with Crippen LogP contribution in [0.15, 0.2) is 37.0 Å². The van der Waals surface area contributed by atoms with Gasteiger partial charge in [0.15, 0.2) is 0 Å². The highest BCUT2D eigenvalue weighted by atomic mass is 14.1. The molecule has 1 rings (SSSR count). The lowest BCUT2D eigenvalue weighted by atomic mass is 9.81. The molecule has 2 atom stereocenters. The Kier molecular flexibility index (Phi) is 5.43. The second-order valence-corrected chi connectivity index (χ2v) is 3.95. The third kappa shape index (κ3) is 4.00. The molecule has 0 aliphatic heterocycles. The molecule has 0 nitrogen and oxygen atoms in total. The fourth-order valence-electron chi connectivity index (χ4n) is 1.85. The van der Waals surface area contributed by atoms with Gasteiger partial charge in [-0.05, 0) is 37.5 Å². The number of allylic oxidation sites excluding steroid dienone is 5. The molecule has 0 amide bonds. The molecular formula is C13H19B. The predicted octanol–water partition coefficient (Wildman–Crippen LogP) is 3.68. The van der Waals surface area contributed by atoms with Gasteiger partial charge in [-0.25, -0.2) is 0 Å². The normalized spacial score (nSPS) is 28.6. The molecule has 0 saturated heterocycles. The molecule has 0 spiro atoms. The van der Waals surface area contributed by atoms with Crippen molar-refractivity contribution >= 4 is 7.85 Å². The van der Waals surface area contributed by atoms with E-state index in [0.29, 0.717) is 11.8 Å². The number of rotatable bonds is 2. The molecule has 0 aromatic rings. The van der Waals surface area contributed by atoms with Gasteiger partial charge >= 0.3 is 0 Å². The maximum absolute atomic E-state index is 5.75. The molecule has 0 N–H and O–H groups in total. The van der Waals surface area contributed by atoms with E-state index in [4.69, 9.17) is 7.85 Å². The topological polar surface area (TPSA) is 0 Å². The first-order valence-electron chi connectivity index (χ1n) is 5.51. The van der Waals surface area contributed by atoms with E-state index in [1.165, 1.54) is 12.8 Å². The van der Waals surface area contributed by atoms with Crippen molar-refractivity contribution in [3.63, 3.8) is 0 Å². The van der Waals surface area contributed by atoms with Crippen LogP contribution in [-0.4, -0.2) is 7.85 Å². The number of hydrogen-bond acceptors (Lipinski definition) is 0. The SMILES string of the molecule is [B]CC1CCC=CCC=CC(C=C)C1. The van der Waals surface area contributed by atoms with Crippen molar-refractivity contribution < 1.29 is 0 Å².